The van der Waals surface area contributed by atoms with Gasteiger partial charge in [-0.05, 0) is 63.9 Å². The van der Waals surface area contributed by atoms with Crippen molar-refractivity contribution in [2.75, 3.05) is 26.4 Å². The zero-order chi connectivity index (χ0) is 15.2. The summed E-state index contributed by atoms with van der Waals surface area (Å²) in [6, 6.07) is 8.05. The zero-order valence-corrected chi connectivity index (χ0v) is 13.8. The number of nitrogens with one attached hydrogen (secondary N) is 1. The maximum Gasteiger partial charge on any atom is 0.261 e. The first kappa shape index (κ1) is 16.2. The molecule has 1 N–H and O–H groups in total. The normalized spacial score (nSPS) is 20.8. The van der Waals surface area contributed by atoms with Crippen LogP contribution in [0.2, 0.25) is 0 Å². The van der Waals surface area contributed by atoms with Gasteiger partial charge in [-0.1, -0.05) is 0 Å². The number of ether oxygens (including phenoxy) is 1. The van der Waals surface area contributed by atoms with Crippen LogP contribution in [0.1, 0.15) is 19.8 Å². The second kappa shape index (κ2) is 7.71. The summed E-state index contributed by atoms with van der Waals surface area (Å²) in [7, 11) is 2.09. The van der Waals surface area contributed by atoms with Crippen molar-refractivity contribution in [3.8, 4) is 5.75 Å². The Morgan fingerprint density at radius 3 is 2.76 bits per heavy atom. The number of nitrogens with zero attached hydrogens (tertiary/aromatic N) is 1. The number of piperidine rings is 1. The van der Waals surface area contributed by atoms with Gasteiger partial charge in [0.1, 0.15) is 5.75 Å². The van der Waals surface area contributed by atoms with E-state index in [1.807, 2.05) is 30.5 Å². The van der Waals surface area contributed by atoms with E-state index in [0.29, 0.717) is 0 Å². The van der Waals surface area contributed by atoms with E-state index >= 15 is 0 Å². The molecule has 1 fully saturated rings. The van der Waals surface area contributed by atoms with E-state index in [1.54, 1.807) is 18.7 Å². The number of hydrogen-bond donors (Lipinski definition) is 1. The molecule has 4 nitrogen and oxygen atoms in total. The molecule has 1 saturated heterocycles. The van der Waals surface area contributed by atoms with Crippen LogP contribution >= 0.6 is 11.8 Å². The second-order valence-electron chi connectivity index (χ2n) is 5.55. The van der Waals surface area contributed by atoms with Crippen molar-refractivity contribution in [1.29, 1.82) is 0 Å². The number of benzene rings is 1. The van der Waals surface area contributed by atoms with Crippen molar-refractivity contribution in [2.24, 2.45) is 0 Å². The van der Waals surface area contributed by atoms with Gasteiger partial charge in [0.2, 0.25) is 0 Å². The van der Waals surface area contributed by atoms with Gasteiger partial charge < -0.3 is 15.0 Å². The third kappa shape index (κ3) is 4.93. The Kier molecular flexibility index (Phi) is 5.94. The topological polar surface area (TPSA) is 41.6 Å². The Hall–Kier alpha value is -1.20. The summed E-state index contributed by atoms with van der Waals surface area (Å²) in [6.45, 7) is 3.82. The van der Waals surface area contributed by atoms with Crippen LogP contribution in [0, 0.1) is 0 Å². The fraction of sp³-hybridized carbons (Fsp3) is 0.562. The lowest BCUT2D eigenvalue weighted by molar-refractivity contribution is -0.128. The largest absolute Gasteiger partial charge is 0.481 e. The Morgan fingerprint density at radius 1 is 1.43 bits per heavy atom. The highest BCUT2D eigenvalue weighted by Gasteiger charge is 2.22. The van der Waals surface area contributed by atoms with E-state index in [1.165, 1.54) is 4.90 Å². The molecule has 21 heavy (non-hydrogen) atoms. The lowest BCUT2D eigenvalue weighted by Gasteiger charge is -2.30. The second-order valence-corrected chi connectivity index (χ2v) is 6.43. The molecule has 0 bridgehead atoms. The molecular weight excluding hydrogens is 284 g/mol. The molecular formula is C16H24N2O2S. The Balaban J connectivity index is 1.83. The molecule has 5 heteroatoms. The molecule has 0 saturated carbocycles. The van der Waals surface area contributed by atoms with Gasteiger partial charge in [-0.3, -0.25) is 4.79 Å². The van der Waals surface area contributed by atoms with Crippen molar-refractivity contribution in [2.45, 2.75) is 36.8 Å². The number of carbonyl (C=O) groups excluding carboxylic acids is 1. The maximum absolute atomic E-state index is 12.2. The van der Waals surface area contributed by atoms with Crippen LogP contribution in [0.25, 0.3) is 0 Å². The first-order valence-electron chi connectivity index (χ1n) is 7.38. The monoisotopic (exact) mass is 308 g/mol. The smallest absolute Gasteiger partial charge is 0.261 e. The highest BCUT2D eigenvalue weighted by Crippen LogP contribution is 2.20. The standard InChI is InChI=1S/C16H24N2O2S/c1-12(20-14-6-8-15(21-3)9-7-14)16(19)17-13-5-4-10-18(2)11-13/h6-9,12-13H,4-5,10-11H2,1-3H3,(H,17,19)/t12-,13-/m1/s1. The third-order valence-electron chi connectivity index (χ3n) is 3.71. The molecule has 1 aliphatic rings. The van der Waals surface area contributed by atoms with Crippen molar-refractivity contribution >= 4 is 17.7 Å². The Labute approximate surface area is 131 Å². The Bertz CT molecular complexity index is 464. The molecule has 1 aromatic carbocycles. The molecule has 0 aliphatic carbocycles. The van der Waals surface area contributed by atoms with E-state index in [4.69, 9.17) is 4.74 Å². The molecule has 1 aliphatic heterocycles. The fourth-order valence-corrected chi connectivity index (χ4v) is 2.92. The zero-order valence-electron chi connectivity index (χ0n) is 13.0. The SMILES string of the molecule is CSc1ccc(O[C@H](C)C(=O)N[C@@H]2CCCN(C)C2)cc1. The molecule has 1 aromatic rings. The van der Waals surface area contributed by atoms with Crippen LogP contribution in [0.15, 0.2) is 29.2 Å². The van der Waals surface area contributed by atoms with Gasteiger partial charge in [0.25, 0.3) is 5.91 Å². The molecule has 0 radical (unpaired) electrons. The van der Waals surface area contributed by atoms with Crippen molar-refractivity contribution < 1.29 is 9.53 Å². The average molecular weight is 308 g/mol. The summed E-state index contributed by atoms with van der Waals surface area (Å²) < 4.78 is 5.71. The van der Waals surface area contributed by atoms with E-state index in [-0.39, 0.29) is 11.9 Å². The Morgan fingerprint density at radius 2 is 2.14 bits per heavy atom. The minimum absolute atomic E-state index is 0.0377. The number of rotatable bonds is 5. The quantitative estimate of drug-likeness (QED) is 0.848. The summed E-state index contributed by atoms with van der Waals surface area (Å²) >= 11 is 1.69. The average Bonchev–Trinajstić information content (AvgIpc) is 2.48. The van der Waals surface area contributed by atoms with Crippen LogP contribution in [0.4, 0.5) is 0 Å². The van der Waals surface area contributed by atoms with Crippen LogP contribution in [-0.4, -0.2) is 49.3 Å². The summed E-state index contributed by atoms with van der Waals surface area (Å²) in [6.07, 6.45) is 3.74. The number of amides is 1. The predicted molar refractivity (Wildman–Crippen MR) is 87.0 cm³/mol. The first-order valence-corrected chi connectivity index (χ1v) is 8.60. The highest BCUT2D eigenvalue weighted by atomic mass is 32.2. The molecule has 0 spiro atoms. The van der Waals surface area contributed by atoms with Crippen LogP contribution in [0.5, 0.6) is 5.75 Å². The number of thioether (sulfide) groups is 1. The van der Waals surface area contributed by atoms with Crippen LogP contribution < -0.4 is 10.1 Å². The van der Waals surface area contributed by atoms with E-state index in [9.17, 15) is 4.79 Å². The summed E-state index contributed by atoms with van der Waals surface area (Å²) in [4.78, 5) is 15.6. The number of likely N-dealkylation sites (N-methyl/N-ethyl adjacent to an activating group) is 1. The number of hydrogen-bond acceptors (Lipinski definition) is 4. The molecule has 0 unspecified atom stereocenters. The van der Waals surface area contributed by atoms with E-state index in [0.717, 1.165) is 31.7 Å². The van der Waals surface area contributed by atoms with Crippen LogP contribution in [-0.2, 0) is 4.79 Å². The van der Waals surface area contributed by atoms with Crippen molar-refractivity contribution in [3.63, 3.8) is 0 Å². The van der Waals surface area contributed by atoms with Gasteiger partial charge >= 0.3 is 0 Å². The van der Waals surface area contributed by atoms with E-state index in [2.05, 4.69) is 17.3 Å². The van der Waals surface area contributed by atoms with Crippen molar-refractivity contribution in [3.05, 3.63) is 24.3 Å². The number of likely N-dealkylation sites (tertiary alicyclic amines) is 1. The maximum atomic E-state index is 12.2. The molecule has 0 aromatic heterocycles. The third-order valence-corrected chi connectivity index (χ3v) is 4.46. The lowest BCUT2D eigenvalue weighted by Crippen LogP contribution is -2.49. The van der Waals surface area contributed by atoms with Crippen LogP contribution in [0.3, 0.4) is 0 Å². The van der Waals surface area contributed by atoms with Gasteiger partial charge in [0.05, 0.1) is 0 Å². The number of carbonyl (C=O) groups is 1. The summed E-state index contributed by atoms with van der Waals surface area (Å²) in [5.41, 5.74) is 0. The first-order chi connectivity index (χ1) is 10.1. The highest BCUT2D eigenvalue weighted by molar-refractivity contribution is 7.98. The van der Waals surface area contributed by atoms with Gasteiger partial charge in [-0.15, -0.1) is 11.8 Å². The van der Waals surface area contributed by atoms with Gasteiger partial charge in [-0.25, -0.2) is 0 Å². The lowest BCUT2D eigenvalue weighted by atomic mass is 10.1. The molecule has 2 atom stereocenters. The predicted octanol–water partition coefficient (Wildman–Crippen LogP) is 2.39. The molecule has 116 valence electrons. The van der Waals surface area contributed by atoms with Crippen molar-refractivity contribution in [1.82, 2.24) is 10.2 Å². The molecule has 1 amide bonds. The van der Waals surface area contributed by atoms with E-state index < -0.39 is 6.10 Å². The minimum Gasteiger partial charge on any atom is -0.481 e. The summed E-state index contributed by atoms with van der Waals surface area (Å²) in [5.74, 6) is 0.695. The summed E-state index contributed by atoms with van der Waals surface area (Å²) in [5, 5.41) is 3.08. The molecule has 2 rings (SSSR count). The van der Waals surface area contributed by atoms with Gasteiger partial charge in [-0.2, -0.15) is 0 Å². The fourth-order valence-electron chi connectivity index (χ4n) is 2.51. The van der Waals surface area contributed by atoms with Gasteiger partial charge in [0, 0.05) is 17.5 Å². The minimum atomic E-state index is -0.475. The molecule has 1 heterocycles. The van der Waals surface area contributed by atoms with Gasteiger partial charge in [0.15, 0.2) is 6.10 Å².